The maximum atomic E-state index is 13.2. The molecule has 0 saturated carbocycles. The molecule has 5 heteroatoms. The molecule has 0 aromatic heterocycles. The van der Waals surface area contributed by atoms with Crippen LogP contribution in [0.4, 0.5) is 0 Å². The number of rotatable bonds is 6. The lowest BCUT2D eigenvalue weighted by molar-refractivity contribution is -0.157. The molecule has 1 aromatic carbocycles. The van der Waals surface area contributed by atoms with Crippen LogP contribution in [0.15, 0.2) is 30.3 Å². The van der Waals surface area contributed by atoms with Gasteiger partial charge in [-0.2, -0.15) is 0 Å². The van der Waals surface area contributed by atoms with Gasteiger partial charge in [0.05, 0.1) is 38.4 Å². The van der Waals surface area contributed by atoms with Crippen LogP contribution in [-0.2, 0) is 25.4 Å². The van der Waals surface area contributed by atoms with Gasteiger partial charge >= 0.3 is 5.97 Å². The molecular weight excluding hydrogens is 342 g/mol. The minimum absolute atomic E-state index is 0.0144. The summed E-state index contributed by atoms with van der Waals surface area (Å²) in [6, 6.07) is 11.1. The molecule has 3 saturated heterocycles. The van der Waals surface area contributed by atoms with E-state index in [0.29, 0.717) is 31.8 Å². The number of fused-ring (bicyclic) bond motifs is 2. The van der Waals surface area contributed by atoms with Gasteiger partial charge < -0.3 is 14.2 Å². The maximum absolute atomic E-state index is 13.2. The van der Waals surface area contributed by atoms with Crippen LogP contribution in [0.2, 0.25) is 0 Å². The highest BCUT2D eigenvalue weighted by Crippen LogP contribution is 2.52. The topological polar surface area (TPSA) is 48.0 Å². The largest absolute Gasteiger partial charge is 0.466 e. The van der Waals surface area contributed by atoms with Crippen LogP contribution in [0.1, 0.15) is 31.7 Å². The maximum Gasteiger partial charge on any atom is 0.314 e. The van der Waals surface area contributed by atoms with Gasteiger partial charge in [-0.3, -0.25) is 9.69 Å². The second-order valence-corrected chi connectivity index (χ2v) is 8.20. The van der Waals surface area contributed by atoms with Crippen molar-refractivity contribution in [1.82, 2.24) is 4.90 Å². The van der Waals surface area contributed by atoms with Crippen LogP contribution in [0.25, 0.3) is 0 Å². The van der Waals surface area contributed by atoms with Crippen LogP contribution in [0.3, 0.4) is 0 Å². The van der Waals surface area contributed by atoms with Gasteiger partial charge in [0, 0.05) is 24.5 Å². The van der Waals surface area contributed by atoms with Crippen LogP contribution in [0.5, 0.6) is 0 Å². The van der Waals surface area contributed by atoms with Gasteiger partial charge in [-0.15, -0.1) is 0 Å². The first-order valence-corrected chi connectivity index (χ1v) is 10.4. The Morgan fingerprint density at radius 2 is 1.93 bits per heavy atom. The molecule has 1 aromatic rings. The van der Waals surface area contributed by atoms with Gasteiger partial charge in [0.25, 0.3) is 0 Å². The van der Waals surface area contributed by atoms with Crippen LogP contribution in [0, 0.1) is 11.3 Å². The lowest BCUT2D eigenvalue weighted by Crippen LogP contribution is -2.47. The first-order valence-electron chi connectivity index (χ1n) is 10.4. The van der Waals surface area contributed by atoms with E-state index in [-0.39, 0.29) is 12.0 Å². The molecule has 0 amide bonds. The zero-order valence-corrected chi connectivity index (χ0v) is 16.3. The molecule has 27 heavy (non-hydrogen) atoms. The number of carbonyl (C=O) groups is 1. The van der Waals surface area contributed by atoms with Gasteiger partial charge in [-0.1, -0.05) is 30.3 Å². The molecule has 3 atom stereocenters. The Morgan fingerprint density at radius 3 is 2.63 bits per heavy atom. The van der Waals surface area contributed by atoms with Crippen molar-refractivity contribution in [2.24, 2.45) is 11.3 Å². The molecule has 0 spiro atoms. The van der Waals surface area contributed by atoms with E-state index in [2.05, 4.69) is 29.2 Å². The van der Waals surface area contributed by atoms with Crippen molar-refractivity contribution in [3.05, 3.63) is 35.9 Å². The highest BCUT2D eigenvalue weighted by molar-refractivity contribution is 5.79. The van der Waals surface area contributed by atoms with Gasteiger partial charge in [0.1, 0.15) is 0 Å². The molecule has 5 nitrogen and oxygen atoms in total. The van der Waals surface area contributed by atoms with E-state index >= 15 is 0 Å². The summed E-state index contributed by atoms with van der Waals surface area (Å²) in [7, 11) is 0. The van der Waals surface area contributed by atoms with Crippen molar-refractivity contribution in [3.8, 4) is 0 Å². The Labute approximate surface area is 162 Å². The quantitative estimate of drug-likeness (QED) is 0.718. The average Bonchev–Trinajstić information content (AvgIpc) is 3.06. The Bertz CT molecular complexity index is 628. The van der Waals surface area contributed by atoms with Crippen molar-refractivity contribution >= 4 is 5.97 Å². The van der Waals surface area contributed by atoms with E-state index in [9.17, 15) is 4.79 Å². The number of hydrogen-bond donors (Lipinski definition) is 0. The lowest BCUT2D eigenvalue weighted by atomic mass is 9.70. The summed E-state index contributed by atoms with van der Waals surface area (Å²) < 4.78 is 17.0. The SMILES string of the molecule is CCOC(=O)[C@@]1(Cc2ccccc2)C[C@H]2CC[C@@H]1N2CC1COCCOC1. The van der Waals surface area contributed by atoms with E-state index < -0.39 is 5.41 Å². The lowest BCUT2D eigenvalue weighted by Gasteiger charge is -2.36. The summed E-state index contributed by atoms with van der Waals surface area (Å²) in [5.41, 5.74) is 0.798. The molecule has 148 valence electrons. The number of carbonyl (C=O) groups excluding carboxylic acids is 1. The molecule has 3 aliphatic heterocycles. The molecule has 0 radical (unpaired) electrons. The molecule has 3 aliphatic rings. The van der Waals surface area contributed by atoms with Gasteiger partial charge in [-0.25, -0.2) is 0 Å². The van der Waals surface area contributed by atoms with Crippen molar-refractivity contribution in [1.29, 1.82) is 0 Å². The van der Waals surface area contributed by atoms with E-state index in [1.54, 1.807) is 0 Å². The molecular formula is C22H31NO4. The summed E-state index contributed by atoms with van der Waals surface area (Å²) >= 11 is 0. The van der Waals surface area contributed by atoms with E-state index in [1.165, 1.54) is 12.0 Å². The summed E-state index contributed by atoms with van der Waals surface area (Å²) in [5, 5.41) is 0. The number of esters is 1. The standard InChI is InChI=1S/C22H31NO4/c1-2-27-21(24)22(12-17-6-4-3-5-7-17)13-19-8-9-20(22)23(19)14-18-15-25-10-11-26-16-18/h3-7,18-20H,2,8-16H2,1H3/t19-,20+,22+/m1/s1. The van der Waals surface area contributed by atoms with E-state index in [1.807, 2.05) is 13.0 Å². The molecule has 2 bridgehead atoms. The summed E-state index contributed by atoms with van der Waals surface area (Å²) in [6.07, 6.45) is 3.92. The second kappa shape index (κ2) is 8.29. The first kappa shape index (κ1) is 18.9. The number of nitrogens with zero attached hydrogens (tertiary/aromatic N) is 1. The highest BCUT2D eigenvalue weighted by atomic mass is 16.5. The Hall–Kier alpha value is -1.43. The second-order valence-electron chi connectivity index (χ2n) is 8.20. The zero-order valence-electron chi connectivity index (χ0n) is 16.3. The Kier molecular flexibility index (Phi) is 5.81. The van der Waals surface area contributed by atoms with E-state index in [4.69, 9.17) is 14.2 Å². The van der Waals surface area contributed by atoms with E-state index in [0.717, 1.165) is 39.0 Å². The van der Waals surface area contributed by atoms with Crippen molar-refractivity contribution < 1.29 is 19.0 Å². The fraction of sp³-hybridized carbons (Fsp3) is 0.682. The molecule has 4 rings (SSSR count). The normalized spacial score (nSPS) is 31.7. The summed E-state index contributed by atoms with van der Waals surface area (Å²) in [4.78, 5) is 15.7. The number of benzene rings is 1. The molecule has 0 aliphatic carbocycles. The fourth-order valence-electron chi connectivity index (χ4n) is 5.37. The van der Waals surface area contributed by atoms with Gasteiger partial charge in [0.2, 0.25) is 0 Å². The minimum atomic E-state index is -0.424. The van der Waals surface area contributed by atoms with Gasteiger partial charge in [0.15, 0.2) is 0 Å². The average molecular weight is 373 g/mol. The van der Waals surface area contributed by atoms with Crippen LogP contribution < -0.4 is 0 Å². The molecule has 0 unspecified atom stereocenters. The van der Waals surface area contributed by atoms with Crippen molar-refractivity contribution in [3.63, 3.8) is 0 Å². The monoisotopic (exact) mass is 373 g/mol. The Balaban J connectivity index is 1.55. The fourth-order valence-corrected chi connectivity index (χ4v) is 5.37. The van der Waals surface area contributed by atoms with Crippen LogP contribution >= 0.6 is 0 Å². The number of hydrogen-bond acceptors (Lipinski definition) is 5. The predicted octanol–water partition coefficient (Wildman–Crippen LogP) is 2.68. The first-order chi connectivity index (χ1) is 13.2. The smallest absolute Gasteiger partial charge is 0.314 e. The Morgan fingerprint density at radius 1 is 1.19 bits per heavy atom. The highest BCUT2D eigenvalue weighted by Gasteiger charge is 2.60. The zero-order chi connectivity index (χ0) is 18.7. The number of ether oxygens (including phenoxy) is 3. The molecule has 3 heterocycles. The van der Waals surface area contributed by atoms with Gasteiger partial charge in [-0.05, 0) is 38.2 Å². The molecule has 0 N–H and O–H groups in total. The van der Waals surface area contributed by atoms with Crippen molar-refractivity contribution in [2.45, 2.75) is 44.7 Å². The summed E-state index contributed by atoms with van der Waals surface area (Å²) in [6.45, 7) is 6.16. The minimum Gasteiger partial charge on any atom is -0.466 e. The third-order valence-electron chi connectivity index (χ3n) is 6.47. The van der Waals surface area contributed by atoms with Crippen LogP contribution in [-0.4, -0.2) is 62.5 Å². The predicted molar refractivity (Wildman–Crippen MR) is 102 cm³/mol. The van der Waals surface area contributed by atoms with Crippen molar-refractivity contribution in [2.75, 3.05) is 39.6 Å². The third kappa shape index (κ3) is 3.78. The third-order valence-corrected chi connectivity index (χ3v) is 6.47. The summed E-state index contributed by atoms with van der Waals surface area (Å²) in [5.74, 6) is 0.366. The molecule has 3 fully saturated rings.